The number of hydrogen-bond donors (Lipinski definition) is 1. The molecule has 0 fully saturated rings. The monoisotopic (exact) mass is 197 g/mol. The van der Waals surface area contributed by atoms with E-state index >= 15 is 0 Å². The molecule has 78 valence electrons. The Labute approximate surface area is 82.8 Å². The topological polar surface area (TPSA) is 70.1 Å². The van der Waals surface area contributed by atoms with Crippen molar-refractivity contribution in [2.24, 2.45) is 7.05 Å². The van der Waals surface area contributed by atoms with Crippen molar-refractivity contribution in [2.45, 2.75) is 20.3 Å². The molecule has 0 saturated heterocycles. The molecule has 0 atom stereocenters. The highest BCUT2D eigenvalue weighted by Gasteiger charge is 2.20. The molecule has 0 saturated carbocycles. The van der Waals surface area contributed by atoms with E-state index in [9.17, 15) is 4.79 Å². The molecule has 0 aliphatic carbocycles. The fraction of sp³-hybridized carbons (Fsp3) is 0.556. The maximum atomic E-state index is 11.5. The maximum absolute atomic E-state index is 11.5. The lowest BCUT2D eigenvalue weighted by molar-refractivity contribution is 0.0526. The maximum Gasteiger partial charge on any atom is 0.343 e. The van der Waals surface area contributed by atoms with Gasteiger partial charge in [0.15, 0.2) is 0 Å². The predicted molar refractivity (Wildman–Crippen MR) is 53.0 cm³/mol. The van der Waals surface area contributed by atoms with Gasteiger partial charge < -0.3 is 10.5 Å². The Balaban J connectivity index is 3.10. The average molecular weight is 197 g/mol. The van der Waals surface area contributed by atoms with E-state index in [4.69, 9.17) is 10.5 Å². The largest absolute Gasteiger partial charge is 0.462 e. The third-order valence-corrected chi connectivity index (χ3v) is 1.98. The Bertz CT molecular complexity index is 344. The number of nitrogen functional groups attached to an aromatic ring is 1. The lowest BCUT2D eigenvalue weighted by Gasteiger charge is -2.01. The Kier molecular flexibility index (Phi) is 3.11. The predicted octanol–water partition coefficient (Wildman–Crippen LogP) is 0.741. The van der Waals surface area contributed by atoms with Crippen molar-refractivity contribution in [3.8, 4) is 0 Å². The van der Waals surface area contributed by atoms with Crippen LogP contribution in [-0.2, 0) is 18.2 Å². The minimum atomic E-state index is -0.394. The lowest BCUT2D eigenvalue weighted by Crippen LogP contribution is -2.09. The quantitative estimate of drug-likeness (QED) is 0.725. The molecular weight excluding hydrogens is 182 g/mol. The molecule has 0 aliphatic heterocycles. The van der Waals surface area contributed by atoms with E-state index in [1.807, 2.05) is 6.92 Å². The first-order chi connectivity index (χ1) is 6.61. The number of anilines is 1. The van der Waals surface area contributed by atoms with E-state index in [0.717, 1.165) is 0 Å². The van der Waals surface area contributed by atoms with E-state index in [-0.39, 0.29) is 0 Å². The highest BCUT2D eigenvalue weighted by atomic mass is 16.5. The number of ether oxygens (including phenoxy) is 1. The summed E-state index contributed by atoms with van der Waals surface area (Å²) in [7, 11) is 1.71. The van der Waals surface area contributed by atoms with Crippen molar-refractivity contribution < 1.29 is 9.53 Å². The zero-order chi connectivity index (χ0) is 10.7. The second-order valence-electron chi connectivity index (χ2n) is 2.90. The van der Waals surface area contributed by atoms with Gasteiger partial charge in [-0.3, -0.25) is 4.68 Å². The van der Waals surface area contributed by atoms with Gasteiger partial charge in [0.25, 0.3) is 0 Å². The van der Waals surface area contributed by atoms with Crippen LogP contribution >= 0.6 is 0 Å². The van der Waals surface area contributed by atoms with Crippen LogP contribution in [0.4, 0.5) is 5.82 Å². The SMILES string of the molecule is CCOC(=O)c1c(CC)nn(C)c1N. The molecule has 1 heterocycles. The first kappa shape index (κ1) is 10.6. The highest BCUT2D eigenvalue weighted by molar-refractivity contribution is 5.95. The third kappa shape index (κ3) is 1.71. The Morgan fingerprint density at radius 2 is 2.21 bits per heavy atom. The second-order valence-corrected chi connectivity index (χ2v) is 2.90. The molecule has 2 N–H and O–H groups in total. The number of carbonyl (C=O) groups excluding carboxylic acids is 1. The van der Waals surface area contributed by atoms with E-state index in [1.54, 1.807) is 14.0 Å². The number of carbonyl (C=O) groups is 1. The molecule has 0 unspecified atom stereocenters. The van der Waals surface area contributed by atoms with Crippen molar-refractivity contribution >= 4 is 11.8 Å². The number of esters is 1. The number of nitrogens with zero attached hydrogens (tertiary/aromatic N) is 2. The number of hydrogen-bond acceptors (Lipinski definition) is 4. The smallest absolute Gasteiger partial charge is 0.343 e. The van der Waals surface area contributed by atoms with Gasteiger partial charge in [-0.05, 0) is 13.3 Å². The second kappa shape index (κ2) is 4.13. The molecule has 0 bridgehead atoms. The first-order valence-electron chi connectivity index (χ1n) is 4.60. The minimum absolute atomic E-state index is 0.344. The summed E-state index contributed by atoms with van der Waals surface area (Å²) in [6.07, 6.45) is 0.666. The van der Waals surface area contributed by atoms with Crippen LogP contribution in [-0.4, -0.2) is 22.4 Å². The molecule has 1 aromatic rings. The van der Waals surface area contributed by atoms with Crippen LogP contribution < -0.4 is 5.73 Å². The van der Waals surface area contributed by atoms with Crippen LogP contribution in [0.5, 0.6) is 0 Å². The number of nitrogens with two attached hydrogens (primary N) is 1. The van der Waals surface area contributed by atoms with Crippen molar-refractivity contribution in [3.05, 3.63) is 11.3 Å². The summed E-state index contributed by atoms with van der Waals surface area (Å²) in [6, 6.07) is 0. The fourth-order valence-corrected chi connectivity index (χ4v) is 1.27. The number of aromatic nitrogens is 2. The molecule has 0 aliphatic rings. The molecule has 5 nitrogen and oxygen atoms in total. The van der Waals surface area contributed by atoms with E-state index in [1.165, 1.54) is 4.68 Å². The summed E-state index contributed by atoms with van der Waals surface area (Å²) in [5, 5.41) is 4.12. The summed E-state index contributed by atoms with van der Waals surface area (Å²) in [4.78, 5) is 11.5. The van der Waals surface area contributed by atoms with Crippen LogP contribution in [0.25, 0.3) is 0 Å². The zero-order valence-electron chi connectivity index (χ0n) is 8.70. The van der Waals surface area contributed by atoms with Gasteiger partial charge in [-0.2, -0.15) is 5.10 Å². The molecule has 0 aromatic carbocycles. The van der Waals surface area contributed by atoms with Gasteiger partial charge in [0.2, 0.25) is 0 Å². The summed E-state index contributed by atoms with van der Waals surface area (Å²) in [5.41, 5.74) is 6.79. The summed E-state index contributed by atoms with van der Waals surface area (Å²) < 4.78 is 6.38. The van der Waals surface area contributed by atoms with Crippen molar-refractivity contribution in [3.63, 3.8) is 0 Å². The van der Waals surface area contributed by atoms with Crippen LogP contribution in [0.15, 0.2) is 0 Å². The van der Waals surface area contributed by atoms with Gasteiger partial charge in [-0.15, -0.1) is 0 Å². The van der Waals surface area contributed by atoms with Crippen LogP contribution in [0.2, 0.25) is 0 Å². The Morgan fingerprint density at radius 1 is 1.57 bits per heavy atom. The molecule has 5 heteroatoms. The zero-order valence-corrected chi connectivity index (χ0v) is 8.70. The minimum Gasteiger partial charge on any atom is -0.462 e. The van der Waals surface area contributed by atoms with Gasteiger partial charge in [-0.25, -0.2) is 4.79 Å². The van der Waals surface area contributed by atoms with Gasteiger partial charge in [0.05, 0.1) is 12.3 Å². The standard InChI is InChI=1S/C9H15N3O2/c1-4-6-7(9(13)14-5-2)8(10)12(3)11-6/h4-5,10H2,1-3H3. The number of rotatable bonds is 3. The van der Waals surface area contributed by atoms with E-state index in [2.05, 4.69) is 5.10 Å². The van der Waals surface area contributed by atoms with Gasteiger partial charge in [-0.1, -0.05) is 6.92 Å². The normalized spacial score (nSPS) is 10.2. The van der Waals surface area contributed by atoms with Crippen LogP contribution in [0.3, 0.4) is 0 Å². The fourth-order valence-electron chi connectivity index (χ4n) is 1.27. The van der Waals surface area contributed by atoms with Crippen LogP contribution in [0.1, 0.15) is 29.9 Å². The first-order valence-corrected chi connectivity index (χ1v) is 4.60. The summed E-state index contributed by atoms with van der Waals surface area (Å²) in [5.74, 6) is -0.0322. The molecule has 0 spiro atoms. The summed E-state index contributed by atoms with van der Waals surface area (Å²) >= 11 is 0. The van der Waals surface area contributed by atoms with E-state index in [0.29, 0.717) is 30.1 Å². The highest BCUT2D eigenvalue weighted by Crippen LogP contribution is 2.17. The average Bonchev–Trinajstić information content (AvgIpc) is 2.43. The van der Waals surface area contributed by atoms with Crippen molar-refractivity contribution in [1.29, 1.82) is 0 Å². The molecule has 14 heavy (non-hydrogen) atoms. The van der Waals surface area contributed by atoms with Crippen LogP contribution in [0, 0.1) is 0 Å². The molecule has 0 amide bonds. The molecule has 1 aromatic heterocycles. The lowest BCUT2D eigenvalue weighted by atomic mass is 10.2. The van der Waals surface area contributed by atoms with Crippen molar-refractivity contribution in [2.75, 3.05) is 12.3 Å². The molecule has 0 radical (unpaired) electrons. The van der Waals surface area contributed by atoms with Crippen molar-refractivity contribution in [1.82, 2.24) is 9.78 Å². The van der Waals surface area contributed by atoms with Gasteiger partial charge >= 0.3 is 5.97 Å². The molecular formula is C9H15N3O2. The van der Waals surface area contributed by atoms with E-state index < -0.39 is 5.97 Å². The van der Waals surface area contributed by atoms with Gasteiger partial charge in [0, 0.05) is 7.05 Å². The Morgan fingerprint density at radius 3 is 2.71 bits per heavy atom. The number of aryl methyl sites for hydroxylation is 2. The Hall–Kier alpha value is -1.52. The molecule has 1 rings (SSSR count). The van der Waals surface area contributed by atoms with Gasteiger partial charge in [0.1, 0.15) is 11.4 Å². The third-order valence-electron chi connectivity index (χ3n) is 1.98. The summed E-state index contributed by atoms with van der Waals surface area (Å²) in [6.45, 7) is 4.02.